The Balaban J connectivity index is 2.02. The molecule has 0 atom stereocenters. The highest BCUT2D eigenvalue weighted by molar-refractivity contribution is 9.10. The van der Waals surface area contributed by atoms with Crippen molar-refractivity contribution in [3.05, 3.63) is 29.4 Å². The Bertz CT molecular complexity index is 553. The van der Waals surface area contributed by atoms with Crippen LogP contribution in [0.3, 0.4) is 0 Å². The van der Waals surface area contributed by atoms with Crippen LogP contribution in [0.1, 0.15) is 0 Å². The standard InChI is InChI=1S/C13H19BrN4OSi/c1-20(2,3)7-6-19-10-18-9-12(14)17-13(18)11-8-15-4-5-16-11/h4-5,8-9H,6-7,10H2,1-3H3. The fraction of sp³-hybridized carbons (Fsp3) is 0.462. The average Bonchev–Trinajstić information content (AvgIpc) is 2.76. The van der Waals surface area contributed by atoms with Gasteiger partial charge in [-0.15, -0.1) is 0 Å². The molecule has 108 valence electrons. The summed E-state index contributed by atoms with van der Waals surface area (Å²) in [6, 6.07) is 1.16. The Hall–Kier alpha value is -1.05. The van der Waals surface area contributed by atoms with Crippen molar-refractivity contribution < 1.29 is 4.74 Å². The smallest absolute Gasteiger partial charge is 0.163 e. The topological polar surface area (TPSA) is 52.8 Å². The van der Waals surface area contributed by atoms with Crippen molar-refractivity contribution in [2.45, 2.75) is 32.4 Å². The lowest BCUT2D eigenvalue weighted by Gasteiger charge is -2.15. The van der Waals surface area contributed by atoms with E-state index in [1.54, 1.807) is 18.6 Å². The molecule has 0 aliphatic carbocycles. The molecular formula is C13H19BrN4OSi. The largest absolute Gasteiger partial charge is 0.361 e. The Morgan fingerprint density at radius 3 is 2.75 bits per heavy atom. The third-order valence-corrected chi connectivity index (χ3v) is 4.85. The summed E-state index contributed by atoms with van der Waals surface area (Å²) < 4.78 is 8.47. The van der Waals surface area contributed by atoms with Crippen LogP contribution < -0.4 is 0 Å². The van der Waals surface area contributed by atoms with E-state index in [2.05, 4.69) is 50.5 Å². The van der Waals surface area contributed by atoms with Crippen LogP contribution in [0.25, 0.3) is 11.5 Å². The van der Waals surface area contributed by atoms with Crippen LogP contribution in [0.4, 0.5) is 0 Å². The molecule has 2 aromatic rings. The summed E-state index contributed by atoms with van der Waals surface area (Å²) in [6.07, 6.45) is 6.91. The maximum absolute atomic E-state index is 5.76. The summed E-state index contributed by atoms with van der Waals surface area (Å²) in [5.74, 6) is 0.762. The minimum Gasteiger partial charge on any atom is -0.361 e. The normalized spacial score (nSPS) is 11.8. The second kappa shape index (κ2) is 6.60. The number of rotatable bonds is 6. The molecule has 0 saturated heterocycles. The van der Waals surface area contributed by atoms with E-state index in [4.69, 9.17) is 4.74 Å². The second-order valence-electron chi connectivity index (χ2n) is 5.80. The van der Waals surface area contributed by atoms with Gasteiger partial charge in [-0.2, -0.15) is 0 Å². The molecule has 7 heteroatoms. The van der Waals surface area contributed by atoms with Gasteiger partial charge in [-0.3, -0.25) is 4.98 Å². The van der Waals surface area contributed by atoms with Gasteiger partial charge in [0.2, 0.25) is 0 Å². The number of halogens is 1. The van der Waals surface area contributed by atoms with Crippen molar-refractivity contribution in [1.29, 1.82) is 0 Å². The van der Waals surface area contributed by atoms with Gasteiger partial charge in [0.05, 0.1) is 6.20 Å². The molecule has 0 fully saturated rings. The average molecular weight is 355 g/mol. The Labute approximate surface area is 128 Å². The van der Waals surface area contributed by atoms with Crippen LogP contribution in [0.2, 0.25) is 25.7 Å². The predicted molar refractivity (Wildman–Crippen MR) is 85.1 cm³/mol. The van der Waals surface area contributed by atoms with Gasteiger partial charge in [0, 0.05) is 33.3 Å². The van der Waals surface area contributed by atoms with Gasteiger partial charge >= 0.3 is 0 Å². The molecule has 0 amide bonds. The summed E-state index contributed by atoms with van der Waals surface area (Å²) in [6.45, 7) is 8.29. The lowest BCUT2D eigenvalue weighted by atomic mass is 10.4. The molecule has 0 saturated carbocycles. The van der Waals surface area contributed by atoms with Gasteiger partial charge in [-0.25, -0.2) is 9.97 Å². The summed E-state index contributed by atoms with van der Waals surface area (Å²) in [7, 11) is -1.05. The monoisotopic (exact) mass is 354 g/mol. The third-order valence-electron chi connectivity index (χ3n) is 2.77. The van der Waals surface area contributed by atoms with Crippen LogP contribution in [0, 0.1) is 0 Å². The van der Waals surface area contributed by atoms with E-state index < -0.39 is 8.07 Å². The maximum Gasteiger partial charge on any atom is 0.163 e. The van der Waals surface area contributed by atoms with E-state index in [0.717, 1.165) is 28.8 Å². The number of nitrogens with zero attached hydrogens (tertiary/aromatic N) is 4. The molecular weight excluding hydrogens is 336 g/mol. The van der Waals surface area contributed by atoms with Gasteiger partial charge in [0.15, 0.2) is 5.82 Å². The summed E-state index contributed by atoms with van der Waals surface area (Å²) >= 11 is 3.39. The second-order valence-corrected chi connectivity index (χ2v) is 12.2. The lowest BCUT2D eigenvalue weighted by molar-refractivity contribution is 0.0882. The zero-order chi connectivity index (χ0) is 14.6. The molecule has 0 spiro atoms. The van der Waals surface area contributed by atoms with Crippen LogP contribution in [-0.4, -0.2) is 34.2 Å². The van der Waals surface area contributed by atoms with Crippen molar-refractivity contribution in [2.75, 3.05) is 6.61 Å². The lowest BCUT2D eigenvalue weighted by Crippen LogP contribution is -2.22. The first-order chi connectivity index (χ1) is 9.46. The summed E-state index contributed by atoms with van der Waals surface area (Å²) in [4.78, 5) is 12.8. The fourth-order valence-electron chi connectivity index (χ4n) is 1.64. The molecule has 0 bridgehead atoms. The first kappa shape index (κ1) is 15.3. The Morgan fingerprint density at radius 1 is 1.30 bits per heavy atom. The molecule has 0 N–H and O–H groups in total. The number of imidazole rings is 1. The van der Waals surface area contributed by atoms with Gasteiger partial charge in [0.25, 0.3) is 0 Å². The predicted octanol–water partition coefficient (Wildman–Crippen LogP) is 3.41. The number of ether oxygens (including phenoxy) is 1. The van der Waals surface area contributed by atoms with Crippen LogP contribution in [-0.2, 0) is 11.5 Å². The zero-order valence-corrected chi connectivity index (χ0v) is 14.6. The molecule has 0 unspecified atom stereocenters. The molecule has 0 radical (unpaired) electrons. The molecule has 2 rings (SSSR count). The van der Waals surface area contributed by atoms with Crippen molar-refractivity contribution in [1.82, 2.24) is 19.5 Å². The van der Waals surface area contributed by atoms with E-state index in [0.29, 0.717) is 6.73 Å². The van der Waals surface area contributed by atoms with Gasteiger partial charge in [0.1, 0.15) is 17.0 Å². The first-order valence-electron chi connectivity index (χ1n) is 6.52. The molecule has 20 heavy (non-hydrogen) atoms. The molecule has 0 aliphatic heterocycles. The Kier molecular flexibility index (Phi) is 5.06. The van der Waals surface area contributed by atoms with E-state index in [1.807, 2.05) is 10.8 Å². The molecule has 2 heterocycles. The van der Waals surface area contributed by atoms with Gasteiger partial charge < -0.3 is 9.30 Å². The quantitative estimate of drug-likeness (QED) is 0.589. The fourth-order valence-corrected chi connectivity index (χ4v) is 2.81. The highest BCUT2D eigenvalue weighted by atomic mass is 79.9. The van der Waals surface area contributed by atoms with Crippen molar-refractivity contribution in [2.24, 2.45) is 0 Å². The highest BCUT2D eigenvalue weighted by Crippen LogP contribution is 2.19. The van der Waals surface area contributed by atoms with E-state index in [1.165, 1.54) is 0 Å². The number of hydrogen-bond acceptors (Lipinski definition) is 4. The molecule has 5 nitrogen and oxygen atoms in total. The minimum atomic E-state index is -1.05. The van der Waals surface area contributed by atoms with Crippen LogP contribution in [0.5, 0.6) is 0 Å². The molecule has 0 aliphatic rings. The van der Waals surface area contributed by atoms with E-state index in [-0.39, 0.29) is 0 Å². The maximum atomic E-state index is 5.76. The molecule has 2 aromatic heterocycles. The SMILES string of the molecule is C[Si](C)(C)CCOCn1cc(Br)nc1-c1cnccn1. The summed E-state index contributed by atoms with van der Waals surface area (Å²) in [5.41, 5.74) is 0.743. The van der Waals surface area contributed by atoms with E-state index in [9.17, 15) is 0 Å². The highest BCUT2D eigenvalue weighted by Gasteiger charge is 2.13. The van der Waals surface area contributed by atoms with Crippen LogP contribution >= 0.6 is 15.9 Å². The molecule has 0 aromatic carbocycles. The van der Waals surface area contributed by atoms with Gasteiger partial charge in [-0.1, -0.05) is 19.6 Å². The Morgan fingerprint density at radius 2 is 2.10 bits per heavy atom. The third kappa shape index (κ3) is 4.50. The minimum absolute atomic E-state index is 0.481. The van der Waals surface area contributed by atoms with Crippen molar-refractivity contribution in [3.63, 3.8) is 0 Å². The first-order valence-corrected chi connectivity index (χ1v) is 11.0. The zero-order valence-electron chi connectivity index (χ0n) is 12.0. The summed E-state index contributed by atoms with van der Waals surface area (Å²) in [5, 5.41) is 0. The van der Waals surface area contributed by atoms with Crippen LogP contribution in [0.15, 0.2) is 29.4 Å². The number of hydrogen-bond donors (Lipinski definition) is 0. The van der Waals surface area contributed by atoms with Crippen molar-refractivity contribution >= 4 is 24.0 Å². The van der Waals surface area contributed by atoms with Crippen molar-refractivity contribution in [3.8, 4) is 11.5 Å². The number of aromatic nitrogens is 4. The van der Waals surface area contributed by atoms with Gasteiger partial charge in [-0.05, 0) is 22.0 Å². The van der Waals surface area contributed by atoms with E-state index >= 15 is 0 Å².